The molecule has 0 aliphatic rings. The van der Waals surface area contributed by atoms with Crippen molar-refractivity contribution < 1.29 is 33.8 Å². The van der Waals surface area contributed by atoms with E-state index in [9.17, 15) is 29.0 Å². The molecule has 20 heavy (non-hydrogen) atoms. The SMILES string of the molecule is CC(=O)OCC(=O)Nc1ccc(S(F)(F)(F)(F)F)cc1. The van der Waals surface area contributed by atoms with Crippen LogP contribution in [-0.2, 0) is 14.3 Å². The summed E-state index contributed by atoms with van der Waals surface area (Å²) < 4.78 is 66.4. The first-order valence-corrected chi connectivity index (χ1v) is 7.00. The van der Waals surface area contributed by atoms with Crippen LogP contribution in [-0.4, -0.2) is 18.5 Å². The third kappa shape index (κ3) is 5.03. The van der Waals surface area contributed by atoms with Crippen LogP contribution in [0.5, 0.6) is 0 Å². The molecule has 0 aromatic heterocycles. The number of nitrogens with one attached hydrogen (secondary N) is 1. The number of anilines is 1. The number of carbonyl (C=O) groups excluding carboxylic acids is 2. The number of amides is 1. The first-order chi connectivity index (χ1) is 8.77. The summed E-state index contributed by atoms with van der Waals surface area (Å²) in [5.74, 6) is -1.52. The van der Waals surface area contributed by atoms with Crippen molar-refractivity contribution in [3.05, 3.63) is 24.3 Å². The molecule has 0 saturated heterocycles. The van der Waals surface area contributed by atoms with Gasteiger partial charge in [-0.05, 0) is 24.3 Å². The van der Waals surface area contributed by atoms with Gasteiger partial charge in [0.15, 0.2) is 6.61 Å². The van der Waals surface area contributed by atoms with Crippen LogP contribution in [0.4, 0.5) is 25.1 Å². The lowest BCUT2D eigenvalue weighted by Crippen LogP contribution is -2.19. The van der Waals surface area contributed by atoms with Crippen molar-refractivity contribution in [3.63, 3.8) is 0 Å². The summed E-state index contributed by atoms with van der Waals surface area (Å²) in [4.78, 5) is 19.5. The van der Waals surface area contributed by atoms with E-state index in [2.05, 4.69) is 10.1 Å². The number of halogens is 5. The van der Waals surface area contributed by atoms with E-state index in [1.807, 2.05) is 0 Å². The Hall–Kier alpha value is -1.84. The van der Waals surface area contributed by atoms with Crippen LogP contribution in [0, 0.1) is 0 Å². The van der Waals surface area contributed by atoms with Crippen LogP contribution in [0.25, 0.3) is 0 Å². The van der Waals surface area contributed by atoms with Crippen LogP contribution in [0.15, 0.2) is 29.2 Å². The van der Waals surface area contributed by atoms with Crippen molar-refractivity contribution in [2.45, 2.75) is 11.8 Å². The highest BCUT2D eigenvalue weighted by molar-refractivity contribution is 8.45. The van der Waals surface area contributed by atoms with Crippen LogP contribution < -0.4 is 5.32 Å². The van der Waals surface area contributed by atoms with Gasteiger partial charge in [0.25, 0.3) is 5.91 Å². The zero-order valence-corrected chi connectivity index (χ0v) is 10.9. The smallest absolute Gasteiger partial charge is 0.310 e. The molecule has 1 N–H and O–H groups in total. The number of benzene rings is 1. The maximum absolute atomic E-state index is 12.4. The topological polar surface area (TPSA) is 55.4 Å². The van der Waals surface area contributed by atoms with E-state index in [4.69, 9.17) is 0 Å². The molecule has 0 radical (unpaired) electrons. The highest BCUT2D eigenvalue weighted by atomic mass is 32.5. The van der Waals surface area contributed by atoms with Gasteiger partial charge in [-0.1, -0.05) is 19.4 Å². The molecule has 0 heterocycles. The molecule has 0 fully saturated rings. The van der Waals surface area contributed by atoms with E-state index in [1.165, 1.54) is 0 Å². The van der Waals surface area contributed by atoms with E-state index in [-0.39, 0.29) is 17.8 Å². The van der Waals surface area contributed by atoms with Gasteiger partial charge in [-0.15, -0.1) is 0 Å². The van der Waals surface area contributed by atoms with Gasteiger partial charge < -0.3 is 10.1 Å². The van der Waals surface area contributed by atoms with E-state index >= 15 is 0 Å². The normalized spacial score (nSPS) is 14.9. The number of esters is 1. The molecule has 1 amide bonds. The van der Waals surface area contributed by atoms with Crippen molar-refractivity contribution >= 4 is 27.8 Å². The summed E-state index contributed by atoms with van der Waals surface area (Å²) in [7, 11) is -9.71. The summed E-state index contributed by atoms with van der Waals surface area (Å²) in [6, 6.07) is 1.70. The predicted octanol–water partition coefficient (Wildman–Crippen LogP) is 3.85. The Labute approximate surface area is 110 Å². The Morgan fingerprint density at radius 1 is 1.10 bits per heavy atom. The maximum Gasteiger partial charge on any atom is 0.310 e. The molecule has 0 aliphatic heterocycles. The molecule has 1 rings (SSSR count). The molecule has 0 aliphatic carbocycles. The summed E-state index contributed by atoms with van der Waals surface area (Å²) >= 11 is 0. The highest BCUT2D eigenvalue weighted by Crippen LogP contribution is 3.02. The maximum atomic E-state index is 12.4. The number of hydrogen-bond acceptors (Lipinski definition) is 3. The highest BCUT2D eigenvalue weighted by Gasteiger charge is 2.65. The zero-order chi connectivity index (χ0) is 15.7. The summed E-state index contributed by atoms with van der Waals surface area (Å²) in [5.41, 5.74) is -0.132. The summed E-state index contributed by atoms with van der Waals surface area (Å²) in [5, 5.41) is 2.09. The van der Waals surface area contributed by atoms with Crippen LogP contribution in [0.3, 0.4) is 0 Å². The van der Waals surface area contributed by atoms with Gasteiger partial charge in [0, 0.05) is 12.6 Å². The van der Waals surface area contributed by atoms with Crippen molar-refractivity contribution in [2.24, 2.45) is 0 Å². The monoisotopic (exact) mass is 319 g/mol. The van der Waals surface area contributed by atoms with E-state index < -0.39 is 33.6 Å². The zero-order valence-electron chi connectivity index (χ0n) is 10.0. The Morgan fingerprint density at radius 2 is 1.60 bits per heavy atom. The van der Waals surface area contributed by atoms with Crippen molar-refractivity contribution in [3.8, 4) is 0 Å². The molecule has 0 bridgehead atoms. The largest absolute Gasteiger partial charge is 0.456 e. The molecular weight excluding hydrogens is 309 g/mol. The Bertz CT molecular complexity index is 540. The van der Waals surface area contributed by atoms with Gasteiger partial charge in [-0.2, -0.15) is 0 Å². The molecule has 4 nitrogen and oxygen atoms in total. The fourth-order valence-electron chi connectivity index (χ4n) is 1.16. The minimum absolute atomic E-state index is 0.132. The second-order valence-corrected chi connectivity index (χ2v) is 6.23. The minimum Gasteiger partial charge on any atom is -0.456 e. The molecule has 1 aromatic carbocycles. The molecule has 1 aromatic rings. The van der Waals surface area contributed by atoms with Crippen molar-refractivity contribution in [1.29, 1.82) is 0 Å². The first kappa shape index (κ1) is 16.2. The standard InChI is InChI=1S/C10H10F5NO3S/c1-7(17)19-6-10(18)16-8-2-4-9(5-3-8)20(11,12,13,14)15/h2-5H,6H2,1H3,(H,16,18). The van der Waals surface area contributed by atoms with Gasteiger partial charge in [0.1, 0.15) is 4.90 Å². The number of hydrogen-bond donors (Lipinski definition) is 1. The van der Waals surface area contributed by atoms with Crippen molar-refractivity contribution in [2.75, 3.05) is 11.9 Å². The Kier molecular flexibility index (Phi) is 3.51. The molecule has 10 heteroatoms. The molecule has 0 atom stereocenters. The van der Waals surface area contributed by atoms with Gasteiger partial charge in [0.05, 0.1) is 0 Å². The lowest BCUT2D eigenvalue weighted by molar-refractivity contribution is -0.144. The fraction of sp³-hybridized carbons (Fsp3) is 0.200. The minimum atomic E-state index is -9.71. The van der Waals surface area contributed by atoms with Crippen LogP contribution in [0.1, 0.15) is 6.92 Å². The van der Waals surface area contributed by atoms with E-state index in [1.54, 1.807) is 0 Å². The average Bonchev–Trinajstić information content (AvgIpc) is 2.24. The van der Waals surface area contributed by atoms with Gasteiger partial charge in [-0.3, -0.25) is 9.59 Å². The molecule has 0 spiro atoms. The molecule has 0 saturated carbocycles. The van der Waals surface area contributed by atoms with Gasteiger partial charge in [0.2, 0.25) is 0 Å². The average molecular weight is 319 g/mol. The fourth-order valence-corrected chi connectivity index (χ4v) is 1.81. The van der Waals surface area contributed by atoms with Gasteiger partial charge >= 0.3 is 16.2 Å². The molecule has 0 unspecified atom stereocenters. The molecular formula is C10H10F5NO3S. The van der Waals surface area contributed by atoms with E-state index in [0.29, 0.717) is 12.1 Å². The summed E-state index contributed by atoms with van der Waals surface area (Å²) in [6.07, 6.45) is 0. The lowest BCUT2D eigenvalue weighted by atomic mass is 10.3. The Balaban J connectivity index is 2.79. The van der Waals surface area contributed by atoms with Crippen molar-refractivity contribution in [1.82, 2.24) is 0 Å². The first-order valence-electron chi connectivity index (χ1n) is 5.05. The third-order valence-corrected chi connectivity index (χ3v) is 3.15. The van der Waals surface area contributed by atoms with E-state index in [0.717, 1.165) is 6.92 Å². The number of rotatable bonds is 4. The second kappa shape index (κ2) is 4.33. The van der Waals surface area contributed by atoms with Crippen LogP contribution in [0.2, 0.25) is 0 Å². The van der Waals surface area contributed by atoms with Gasteiger partial charge in [-0.25, -0.2) is 0 Å². The molecule has 114 valence electrons. The summed E-state index contributed by atoms with van der Waals surface area (Å²) in [6.45, 7) is 0.440. The van der Waals surface area contributed by atoms with Crippen LogP contribution >= 0.6 is 10.2 Å². The number of carbonyl (C=O) groups is 2. The predicted molar refractivity (Wildman–Crippen MR) is 63.1 cm³/mol. The quantitative estimate of drug-likeness (QED) is 0.677. The Morgan fingerprint density at radius 3 is 2.00 bits per heavy atom. The lowest BCUT2D eigenvalue weighted by Gasteiger charge is -2.40. The number of ether oxygens (including phenoxy) is 1. The second-order valence-electron chi connectivity index (χ2n) is 3.82. The third-order valence-electron chi connectivity index (χ3n) is 1.99.